The maximum absolute atomic E-state index is 12.6. The van der Waals surface area contributed by atoms with Crippen molar-refractivity contribution in [1.82, 2.24) is 19.7 Å². The molecule has 1 aromatic carbocycles. The van der Waals surface area contributed by atoms with Gasteiger partial charge in [0.2, 0.25) is 0 Å². The van der Waals surface area contributed by atoms with Gasteiger partial charge in [-0.15, -0.1) is 0 Å². The van der Waals surface area contributed by atoms with Gasteiger partial charge in [0.25, 0.3) is 5.56 Å². The van der Waals surface area contributed by atoms with E-state index in [1.54, 1.807) is 49.5 Å². The first kappa shape index (κ1) is 20.1. The van der Waals surface area contributed by atoms with Gasteiger partial charge in [-0.25, -0.2) is 18.4 Å². The molecule has 0 saturated carbocycles. The Bertz CT molecular complexity index is 1510. The third-order valence-corrected chi connectivity index (χ3v) is 5.64. The molecule has 3 N–H and O–H groups in total. The van der Waals surface area contributed by atoms with Crippen LogP contribution in [0.3, 0.4) is 0 Å². The van der Waals surface area contributed by atoms with Crippen molar-refractivity contribution in [3.63, 3.8) is 0 Å². The van der Waals surface area contributed by atoms with Crippen LogP contribution in [0.15, 0.2) is 58.2 Å². The molecule has 0 atom stereocenters. The van der Waals surface area contributed by atoms with Crippen LogP contribution in [0.5, 0.6) is 0 Å². The molecule has 0 saturated heterocycles. The predicted molar refractivity (Wildman–Crippen MR) is 116 cm³/mol. The zero-order valence-corrected chi connectivity index (χ0v) is 17.4. The number of pyridine rings is 2. The minimum atomic E-state index is -3.50. The molecule has 0 radical (unpaired) electrons. The van der Waals surface area contributed by atoms with Crippen LogP contribution in [0.25, 0.3) is 11.0 Å². The molecule has 0 aliphatic rings. The number of hydrogen-bond donors (Lipinski definition) is 3. The molecule has 156 valence electrons. The Hall–Kier alpha value is -4.17. The molecule has 0 aliphatic heterocycles. The van der Waals surface area contributed by atoms with E-state index in [4.69, 9.17) is 5.26 Å². The van der Waals surface area contributed by atoms with Crippen LogP contribution in [0.2, 0.25) is 0 Å². The Kier molecular flexibility index (Phi) is 4.92. The molecule has 31 heavy (non-hydrogen) atoms. The number of hydrogen-bond acceptors (Lipinski definition) is 8. The standard InChI is InChI=1S/C20H17N7O3S/c1-27-20(28)18-14(23-13-7-3-4-8-15(13)31(2,29)30)10-17(25-19(18)26-27)24-16-9-5-6-12(11-21)22-16/h3-10H,1-2H3,(H3,22,23,24,25,26). The number of H-pyrrole nitrogens is 1. The molecule has 0 amide bonds. The lowest BCUT2D eigenvalue weighted by atomic mass is 10.2. The second-order valence-electron chi connectivity index (χ2n) is 6.79. The van der Waals surface area contributed by atoms with Gasteiger partial charge in [-0.3, -0.25) is 14.6 Å². The Morgan fingerprint density at radius 3 is 2.55 bits per heavy atom. The SMILES string of the molecule is Cn1[nH]c2nc(Nc3cccc(C#N)n3)cc(Nc3ccccc3S(C)(=O)=O)c2c1=O. The Balaban J connectivity index is 1.85. The van der Waals surface area contributed by atoms with E-state index in [1.165, 1.54) is 10.7 Å². The van der Waals surface area contributed by atoms with Crippen molar-refractivity contribution < 1.29 is 8.42 Å². The molecule has 0 spiro atoms. The molecule has 0 bridgehead atoms. The second kappa shape index (κ2) is 7.58. The van der Waals surface area contributed by atoms with Gasteiger partial charge >= 0.3 is 0 Å². The van der Waals surface area contributed by atoms with Crippen molar-refractivity contribution in [3.05, 3.63) is 64.6 Å². The van der Waals surface area contributed by atoms with Crippen LogP contribution < -0.4 is 16.2 Å². The lowest BCUT2D eigenvalue weighted by molar-refractivity contribution is 0.602. The van der Waals surface area contributed by atoms with E-state index in [0.717, 1.165) is 6.26 Å². The molecule has 11 heteroatoms. The Morgan fingerprint density at radius 1 is 1.03 bits per heavy atom. The number of nitrogens with zero attached hydrogens (tertiary/aromatic N) is 4. The molecule has 3 aromatic heterocycles. The van der Waals surface area contributed by atoms with Gasteiger partial charge in [0.1, 0.15) is 28.8 Å². The van der Waals surface area contributed by atoms with E-state index in [0.29, 0.717) is 28.7 Å². The van der Waals surface area contributed by atoms with E-state index in [2.05, 4.69) is 25.7 Å². The largest absolute Gasteiger partial charge is 0.354 e. The summed E-state index contributed by atoms with van der Waals surface area (Å²) >= 11 is 0. The lowest BCUT2D eigenvalue weighted by Gasteiger charge is -2.13. The second-order valence-corrected chi connectivity index (χ2v) is 8.78. The van der Waals surface area contributed by atoms with E-state index >= 15 is 0 Å². The highest BCUT2D eigenvalue weighted by Crippen LogP contribution is 2.30. The zero-order chi connectivity index (χ0) is 22.2. The van der Waals surface area contributed by atoms with Gasteiger partial charge in [0.05, 0.1) is 16.3 Å². The van der Waals surface area contributed by atoms with Gasteiger partial charge < -0.3 is 10.6 Å². The Morgan fingerprint density at radius 2 is 1.81 bits per heavy atom. The Labute approximate surface area is 177 Å². The number of aryl methyl sites for hydroxylation is 1. The third kappa shape index (κ3) is 3.96. The smallest absolute Gasteiger partial charge is 0.277 e. The quantitative estimate of drug-likeness (QED) is 0.433. The van der Waals surface area contributed by atoms with E-state index in [9.17, 15) is 13.2 Å². The molecular formula is C20H17N7O3S. The molecular weight excluding hydrogens is 418 g/mol. The summed E-state index contributed by atoms with van der Waals surface area (Å²) < 4.78 is 25.6. The number of sulfone groups is 1. The summed E-state index contributed by atoms with van der Waals surface area (Å²) in [4.78, 5) is 21.3. The monoisotopic (exact) mass is 435 g/mol. The van der Waals surface area contributed by atoms with Gasteiger partial charge in [0.15, 0.2) is 15.5 Å². The maximum atomic E-state index is 12.6. The summed E-state index contributed by atoms with van der Waals surface area (Å²) in [5.41, 5.74) is 0.907. The number of para-hydroxylation sites is 1. The highest BCUT2D eigenvalue weighted by atomic mass is 32.2. The molecule has 4 rings (SSSR count). The first-order chi connectivity index (χ1) is 14.8. The first-order valence-electron chi connectivity index (χ1n) is 9.06. The van der Waals surface area contributed by atoms with Crippen LogP contribution in [-0.2, 0) is 16.9 Å². The summed E-state index contributed by atoms with van der Waals surface area (Å²) in [5.74, 6) is 0.739. The number of nitriles is 1. The fourth-order valence-electron chi connectivity index (χ4n) is 3.12. The van der Waals surface area contributed by atoms with Crippen LogP contribution in [0.4, 0.5) is 23.0 Å². The summed E-state index contributed by atoms with van der Waals surface area (Å²) in [6, 6.07) is 14.9. The predicted octanol–water partition coefficient (Wildman–Crippen LogP) is 2.42. The fraction of sp³-hybridized carbons (Fsp3) is 0.100. The van der Waals surface area contributed by atoms with Crippen LogP contribution in [-0.4, -0.2) is 34.4 Å². The lowest BCUT2D eigenvalue weighted by Crippen LogP contribution is -2.12. The average molecular weight is 435 g/mol. The van der Waals surface area contributed by atoms with Crippen LogP contribution >= 0.6 is 0 Å². The summed E-state index contributed by atoms with van der Waals surface area (Å²) in [5, 5.41) is 18.3. The number of aromatic nitrogens is 4. The molecule has 0 fully saturated rings. The number of benzene rings is 1. The number of nitrogens with one attached hydrogen (secondary N) is 3. The van der Waals surface area contributed by atoms with E-state index in [1.807, 2.05) is 6.07 Å². The highest BCUT2D eigenvalue weighted by molar-refractivity contribution is 7.90. The van der Waals surface area contributed by atoms with Gasteiger partial charge in [-0.1, -0.05) is 18.2 Å². The van der Waals surface area contributed by atoms with Crippen molar-refractivity contribution in [1.29, 1.82) is 5.26 Å². The number of rotatable bonds is 5. The van der Waals surface area contributed by atoms with Crippen molar-refractivity contribution in [2.75, 3.05) is 16.9 Å². The topological polar surface area (TPSA) is 146 Å². The van der Waals surface area contributed by atoms with Crippen molar-refractivity contribution in [2.45, 2.75) is 4.90 Å². The van der Waals surface area contributed by atoms with E-state index in [-0.39, 0.29) is 21.5 Å². The maximum Gasteiger partial charge on any atom is 0.277 e. The van der Waals surface area contributed by atoms with E-state index < -0.39 is 9.84 Å². The molecule has 0 aliphatic carbocycles. The molecule has 10 nitrogen and oxygen atoms in total. The summed E-state index contributed by atoms with van der Waals surface area (Å²) in [7, 11) is -1.94. The summed E-state index contributed by atoms with van der Waals surface area (Å²) in [6.45, 7) is 0. The first-order valence-corrected chi connectivity index (χ1v) is 11.0. The van der Waals surface area contributed by atoms with Crippen LogP contribution in [0.1, 0.15) is 5.69 Å². The minimum Gasteiger partial charge on any atom is -0.354 e. The van der Waals surface area contributed by atoms with Gasteiger partial charge in [-0.05, 0) is 24.3 Å². The molecule has 3 heterocycles. The fourth-order valence-corrected chi connectivity index (χ4v) is 3.96. The zero-order valence-electron chi connectivity index (χ0n) is 16.5. The highest BCUT2D eigenvalue weighted by Gasteiger charge is 2.17. The van der Waals surface area contributed by atoms with Gasteiger partial charge in [0, 0.05) is 19.4 Å². The number of aromatic amines is 1. The van der Waals surface area contributed by atoms with Crippen molar-refractivity contribution >= 4 is 43.9 Å². The molecule has 0 unspecified atom stereocenters. The van der Waals surface area contributed by atoms with Crippen LogP contribution in [0, 0.1) is 11.3 Å². The number of anilines is 4. The third-order valence-electron chi connectivity index (χ3n) is 4.49. The average Bonchev–Trinajstić information content (AvgIpc) is 3.01. The van der Waals surface area contributed by atoms with Gasteiger partial charge in [-0.2, -0.15) is 5.26 Å². The molecule has 4 aromatic rings. The minimum absolute atomic E-state index is 0.102. The summed E-state index contributed by atoms with van der Waals surface area (Å²) in [6.07, 6.45) is 1.12. The van der Waals surface area contributed by atoms with Crippen molar-refractivity contribution in [2.24, 2.45) is 7.05 Å². The normalized spacial score (nSPS) is 11.3. The van der Waals surface area contributed by atoms with Crippen molar-refractivity contribution in [3.8, 4) is 6.07 Å². The number of fused-ring (bicyclic) bond motifs is 1.